The summed E-state index contributed by atoms with van der Waals surface area (Å²) in [6.07, 6.45) is 7.36. The lowest BCUT2D eigenvalue weighted by molar-refractivity contribution is -0.660. The maximum Gasteiger partial charge on any atom is 0.227 e. The molecule has 6 heteroatoms. The first-order valence-electron chi connectivity index (χ1n) is 21.4. The van der Waals surface area contributed by atoms with Crippen molar-refractivity contribution in [3.05, 3.63) is 119 Å². The number of hydrogen-bond acceptors (Lipinski definition) is 4. The van der Waals surface area contributed by atoms with Gasteiger partial charge in [0.15, 0.2) is 23.6 Å². The smallest absolute Gasteiger partial charge is 0.227 e. The molecule has 59 heavy (non-hydrogen) atoms. The lowest BCUT2D eigenvalue weighted by Crippen LogP contribution is -2.31. The Kier molecular flexibility index (Phi) is 11.3. The van der Waals surface area contributed by atoms with Crippen molar-refractivity contribution in [3.8, 4) is 22.5 Å². The van der Waals surface area contributed by atoms with Crippen LogP contribution in [0.15, 0.2) is 94.0 Å². The van der Waals surface area contributed by atoms with Crippen LogP contribution < -0.4 is 9.13 Å². The van der Waals surface area contributed by atoms with Gasteiger partial charge in [0.05, 0.1) is 11.1 Å². The molecule has 0 radical (unpaired) electrons. The molecule has 0 spiro atoms. The van der Waals surface area contributed by atoms with Crippen LogP contribution in [0.4, 0.5) is 0 Å². The molecule has 6 aromatic heterocycles. The molecule has 306 valence electrons. The molecule has 0 saturated heterocycles. The van der Waals surface area contributed by atoms with Gasteiger partial charge in [0, 0.05) is 57.2 Å². The van der Waals surface area contributed by atoms with E-state index < -0.39 is 0 Å². The number of aryl methyl sites for hydroxylation is 4. The second-order valence-electron chi connectivity index (χ2n) is 20.0. The highest BCUT2D eigenvalue weighted by molar-refractivity contribution is 6.09. The lowest BCUT2D eigenvalue weighted by atomic mass is 9.87. The number of rotatable bonds is 7. The minimum Gasteiger partial charge on any atom is -0.437 e. The Morgan fingerprint density at radius 2 is 1.00 bits per heavy atom. The Balaban J connectivity index is 0.000000179. The molecule has 6 heterocycles. The Morgan fingerprint density at radius 1 is 0.559 bits per heavy atom. The van der Waals surface area contributed by atoms with E-state index in [0.29, 0.717) is 11.8 Å². The Morgan fingerprint density at radius 3 is 1.44 bits per heavy atom. The third kappa shape index (κ3) is 8.98. The molecule has 0 bridgehead atoms. The van der Waals surface area contributed by atoms with Gasteiger partial charge in [-0.1, -0.05) is 93.5 Å². The molecule has 0 amide bonds. The van der Waals surface area contributed by atoms with Crippen LogP contribution in [0.25, 0.3) is 66.7 Å². The van der Waals surface area contributed by atoms with Crippen LogP contribution in [0.2, 0.25) is 0 Å². The molecule has 0 aliphatic heterocycles. The van der Waals surface area contributed by atoms with Gasteiger partial charge in [0.2, 0.25) is 22.8 Å². The first kappa shape index (κ1) is 41.8. The molecule has 0 aliphatic rings. The zero-order valence-electron chi connectivity index (χ0n) is 38.0. The minimum atomic E-state index is 0.244. The summed E-state index contributed by atoms with van der Waals surface area (Å²) in [5.74, 6) is 0.947. The first-order chi connectivity index (χ1) is 27.8. The van der Waals surface area contributed by atoms with Crippen LogP contribution in [0, 0.1) is 30.6 Å². The fraction of sp³-hybridized carbons (Fsp3) is 0.396. The largest absolute Gasteiger partial charge is 0.437 e. The second-order valence-corrected chi connectivity index (χ2v) is 20.0. The van der Waals surface area contributed by atoms with Gasteiger partial charge in [-0.15, -0.1) is 0 Å². The molecular weight excluding hydrogens is 725 g/mol. The standard InChI is InChI=1S/C27H33N2O.C26H31N2O/c1-17(2)14-20-9-11-22-21-10-8-18(3)24(25(21)30-26(22)28-20)23-15-19(12-13-29(23)7)16-27(4,5)6;1-16(2)21-11-10-20-19-9-8-17(3)23(24(19)29-25(20)27-21)22-14-18(12-13-28(22)7)15-26(4,5)6/h8-13,15,17H,14,16H2,1-7H3;8-14,16H,15H2,1-7H3/q2*+1. The molecule has 0 fully saturated rings. The van der Waals surface area contributed by atoms with Crippen molar-refractivity contribution >= 4 is 44.1 Å². The van der Waals surface area contributed by atoms with Gasteiger partial charge in [0.1, 0.15) is 14.1 Å². The quantitative estimate of drug-likeness (QED) is 0.151. The third-order valence-electron chi connectivity index (χ3n) is 11.1. The molecule has 2 aromatic carbocycles. The van der Waals surface area contributed by atoms with E-state index in [1.807, 2.05) is 0 Å². The summed E-state index contributed by atoms with van der Waals surface area (Å²) in [4.78, 5) is 9.62. The zero-order chi connectivity index (χ0) is 42.6. The maximum atomic E-state index is 6.41. The van der Waals surface area contributed by atoms with Crippen molar-refractivity contribution in [2.75, 3.05) is 0 Å². The predicted molar refractivity (Wildman–Crippen MR) is 245 cm³/mol. The highest BCUT2D eigenvalue weighted by Crippen LogP contribution is 2.39. The van der Waals surface area contributed by atoms with Crippen LogP contribution in [0.1, 0.15) is 109 Å². The SMILES string of the molecule is Cc1ccc2c(oc3nc(C(C)C)ccc32)c1-c1cc(CC(C)(C)C)cc[n+]1C.Cc1ccc2c(oc3nc(CC(C)C)ccc32)c1-c1cc(CC(C)(C)C)cc[n+]1C. The number of nitrogens with zero attached hydrogens (tertiary/aromatic N) is 4. The molecule has 0 atom stereocenters. The molecule has 0 saturated carbocycles. The number of aromatic nitrogens is 4. The van der Waals surface area contributed by atoms with Crippen molar-refractivity contribution in [2.45, 2.75) is 108 Å². The van der Waals surface area contributed by atoms with Crippen molar-refractivity contribution < 1.29 is 18.0 Å². The van der Waals surface area contributed by atoms with Gasteiger partial charge in [-0.25, -0.2) is 19.1 Å². The van der Waals surface area contributed by atoms with E-state index in [1.165, 1.54) is 33.6 Å². The van der Waals surface area contributed by atoms with Crippen molar-refractivity contribution in [1.29, 1.82) is 0 Å². The monoisotopic (exact) mass is 789 g/mol. The molecule has 0 aliphatic carbocycles. The first-order valence-corrected chi connectivity index (χ1v) is 21.4. The number of hydrogen-bond donors (Lipinski definition) is 0. The summed E-state index contributed by atoms with van der Waals surface area (Å²) in [5.41, 5.74) is 15.8. The third-order valence-corrected chi connectivity index (χ3v) is 11.1. The molecule has 0 N–H and O–H groups in total. The van der Waals surface area contributed by atoms with Crippen LogP contribution in [-0.2, 0) is 33.4 Å². The van der Waals surface area contributed by atoms with E-state index >= 15 is 0 Å². The predicted octanol–water partition coefficient (Wildman–Crippen LogP) is 13.1. The fourth-order valence-electron chi connectivity index (χ4n) is 8.35. The van der Waals surface area contributed by atoms with Crippen LogP contribution in [0.3, 0.4) is 0 Å². The summed E-state index contributed by atoms with van der Waals surface area (Å²) in [5, 5.41) is 4.44. The average Bonchev–Trinajstić information content (AvgIpc) is 3.69. The minimum absolute atomic E-state index is 0.244. The Bertz CT molecular complexity index is 2820. The summed E-state index contributed by atoms with van der Waals surface area (Å²) in [6.45, 7) is 26.8. The number of fused-ring (bicyclic) bond motifs is 6. The number of furan rings is 2. The van der Waals surface area contributed by atoms with Crippen LogP contribution >= 0.6 is 0 Å². The van der Waals surface area contributed by atoms with E-state index in [0.717, 1.165) is 85.9 Å². The van der Waals surface area contributed by atoms with Crippen molar-refractivity contribution in [3.63, 3.8) is 0 Å². The normalized spacial score (nSPS) is 12.4. The molecule has 8 rings (SSSR count). The van der Waals surface area contributed by atoms with Crippen LogP contribution in [-0.4, -0.2) is 9.97 Å². The molecule has 6 nitrogen and oxygen atoms in total. The highest BCUT2D eigenvalue weighted by atomic mass is 16.3. The van der Waals surface area contributed by atoms with E-state index in [2.05, 4.69) is 192 Å². The summed E-state index contributed by atoms with van der Waals surface area (Å²) in [6, 6.07) is 26.4. The van der Waals surface area contributed by atoms with Gasteiger partial charge in [-0.05, 0) is 102 Å². The van der Waals surface area contributed by atoms with Crippen molar-refractivity contribution in [2.24, 2.45) is 30.8 Å². The molecular formula is C53H64N4O2+2. The van der Waals surface area contributed by atoms with Crippen LogP contribution in [0.5, 0.6) is 0 Å². The van der Waals surface area contributed by atoms with E-state index in [9.17, 15) is 0 Å². The summed E-state index contributed by atoms with van der Waals surface area (Å²) in [7, 11) is 4.21. The van der Waals surface area contributed by atoms with E-state index in [-0.39, 0.29) is 10.8 Å². The average molecular weight is 789 g/mol. The second kappa shape index (κ2) is 16.0. The highest BCUT2D eigenvalue weighted by Gasteiger charge is 2.25. The topological polar surface area (TPSA) is 59.8 Å². The molecule has 0 unspecified atom stereocenters. The summed E-state index contributed by atoms with van der Waals surface area (Å²) >= 11 is 0. The van der Waals surface area contributed by atoms with Gasteiger partial charge in [0.25, 0.3) is 0 Å². The van der Waals surface area contributed by atoms with Gasteiger partial charge in [-0.2, -0.15) is 0 Å². The Hall–Kier alpha value is -5.36. The maximum absolute atomic E-state index is 6.41. The fourth-order valence-corrected chi connectivity index (χ4v) is 8.35. The molecule has 8 aromatic rings. The van der Waals surface area contributed by atoms with Gasteiger partial charge in [-0.3, -0.25) is 0 Å². The van der Waals surface area contributed by atoms with Gasteiger partial charge < -0.3 is 8.83 Å². The van der Waals surface area contributed by atoms with E-state index in [1.54, 1.807) is 0 Å². The zero-order valence-corrected chi connectivity index (χ0v) is 38.0. The summed E-state index contributed by atoms with van der Waals surface area (Å²) < 4.78 is 17.2. The van der Waals surface area contributed by atoms with Gasteiger partial charge >= 0.3 is 0 Å². The number of pyridine rings is 4. The lowest BCUT2D eigenvalue weighted by Gasteiger charge is -2.18. The van der Waals surface area contributed by atoms with Crippen molar-refractivity contribution in [1.82, 2.24) is 9.97 Å². The van der Waals surface area contributed by atoms with E-state index in [4.69, 9.17) is 18.8 Å². The Labute approximate surface area is 351 Å². The number of benzene rings is 2.